The van der Waals surface area contributed by atoms with E-state index >= 15 is 0 Å². The number of pyridine rings is 1. The Morgan fingerprint density at radius 3 is 2.82 bits per heavy atom. The number of ether oxygens (including phenoxy) is 1. The minimum absolute atomic E-state index is 0.0361. The highest BCUT2D eigenvalue weighted by Crippen LogP contribution is 2.51. The van der Waals surface area contributed by atoms with Crippen molar-refractivity contribution < 1.29 is 4.74 Å². The predicted octanol–water partition coefficient (Wildman–Crippen LogP) is 5.99. The second-order valence-electron chi connectivity index (χ2n) is 10.3. The van der Waals surface area contributed by atoms with Crippen LogP contribution in [0, 0.1) is 35.0 Å². The molecule has 1 aromatic carbocycles. The van der Waals surface area contributed by atoms with Gasteiger partial charge in [-0.05, 0) is 80.9 Å². The van der Waals surface area contributed by atoms with E-state index in [0.717, 1.165) is 52.8 Å². The van der Waals surface area contributed by atoms with Crippen LogP contribution >= 0.6 is 11.8 Å². The van der Waals surface area contributed by atoms with Crippen molar-refractivity contribution in [1.29, 1.82) is 5.26 Å². The van der Waals surface area contributed by atoms with Crippen LogP contribution in [0.25, 0.3) is 22.0 Å². The summed E-state index contributed by atoms with van der Waals surface area (Å²) in [5.74, 6) is 2.43. The molecule has 5 rings (SSSR count). The third-order valence-corrected chi connectivity index (χ3v) is 8.48. The lowest BCUT2D eigenvalue weighted by atomic mass is 9.59. The first-order chi connectivity index (χ1) is 15.8. The van der Waals surface area contributed by atoms with Gasteiger partial charge >= 0.3 is 0 Å². The number of rotatable bonds is 4. The molecule has 6 heteroatoms. The van der Waals surface area contributed by atoms with Gasteiger partial charge in [0.1, 0.15) is 16.9 Å². The SMILES string of the molecule is CSc1ccc(OC2(C)CC3CC(C)C(C#N)C(C3)C2)c(-c2cn(C)c(=O)c3[nH]ccc23)c1. The van der Waals surface area contributed by atoms with E-state index in [1.807, 2.05) is 18.5 Å². The van der Waals surface area contributed by atoms with E-state index in [-0.39, 0.29) is 17.1 Å². The number of hydrogen-bond acceptors (Lipinski definition) is 4. The second kappa shape index (κ2) is 8.29. The number of benzene rings is 1. The summed E-state index contributed by atoms with van der Waals surface area (Å²) in [5.41, 5.74) is 2.26. The van der Waals surface area contributed by atoms with Gasteiger partial charge in [-0.3, -0.25) is 4.79 Å². The highest BCUT2D eigenvalue weighted by Gasteiger charge is 2.47. The molecule has 2 aliphatic rings. The molecule has 2 aliphatic carbocycles. The number of H-pyrrole nitrogens is 1. The Kier molecular flexibility index (Phi) is 5.56. The van der Waals surface area contributed by atoms with Gasteiger partial charge in [0.15, 0.2) is 0 Å². The molecule has 1 N–H and O–H groups in total. The van der Waals surface area contributed by atoms with Gasteiger partial charge in [-0.1, -0.05) is 6.92 Å². The molecule has 0 saturated heterocycles. The molecule has 0 radical (unpaired) electrons. The zero-order chi connectivity index (χ0) is 23.3. The lowest BCUT2D eigenvalue weighted by Gasteiger charge is -2.49. The fourth-order valence-electron chi connectivity index (χ4n) is 6.43. The van der Waals surface area contributed by atoms with Gasteiger partial charge in [0.2, 0.25) is 0 Å². The lowest BCUT2D eigenvalue weighted by Crippen LogP contribution is -2.47. The van der Waals surface area contributed by atoms with Gasteiger partial charge in [-0.15, -0.1) is 11.8 Å². The van der Waals surface area contributed by atoms with Gasteiger partial charge in [-0.2, -0.15) is 5.26 Å². The maximum atomic E-state index is 12.6. The number of aromatic nitrogens is 2. The van der Waals surface area contributed by atoms with Gasteiger partial charge < -0.3 is 14.3 Å². The third kappa shape index (κ3) is 3.87. The van der Waals surface area contributed by atoms with Gasteiger partial charge in [0.25, 0.3) is 5.56 Å². The maximum Gasteiger partial charge on any atom is 0.274 e. The molecule has 5 nitrogen and oxygen atoms in total. The summed E-state index contributed by atoms with van der Waals surface area (Å²) in [6, 6.07) is 10.9. The summed E-state index contributed by atoms with van der Waals surface area (Å²) in [5, 5.41) is 10.7. The number of hydrogen-bond donors (Lipinski definition) is 1. The van der Waals surface area contributed by atoms with Crippen LogP contribution in [-0.4, -0.2) is 21.4 Å². The first kappa shape index (κ1) is 22.2. The molecular weight excluding hydrogens is 430 g/mol. The van der Waals surface area contributed by atoms with Gasteiger partial charge in [0, 0.05) is 40.8 Å². The first-order valence-electron chi connectivity index (χ1n) is 11.8. The highest BCUT2D eigenvalue weighted by atomic mass is 32.2. The monoisotopic (exact) mass is 461 g/mol. The standard InChI is InChI=1S/C27H31N3O2S/c1-16-9-17-10-18(22(16)14-28)13-27(2,12-17)32-24-6-5-19(33-4)11-21(24)23-15-30(3)26(31)25-20(23)7-8-29-25/h5-8,11,15-18,22,29H,9-10,12-13H2,1-4H3. The van der Waals surface area contributed by atoms with Crippen molar-refractivity contribution in [2.45, 2.75) is 50.0 Å². The fraction of sp³-hybridized carbons (Fsp3) is 0.481. The topological polar surface area (TPSA) is 70.8 Å². The Labute approximate surface area is 199 Å². The summed E-state index contributed by atoms with van der Waals surface area (Å²) in [4.78, 5) is 16.9. The van der Waals surface area contributed by atoms with E-state index in [4.69, 9.17) is 4.74 Å². The van der Waals surface area contributed by atoms with Crippen LogP contribution in [0.5, 0.6) is 5.75 Å². The molecule has 2 saturated carbocycles. The number of aromatic amines is 1. The molecule has 2 aromatic heterocycles. The van der Waals surface area contributed by atoms with Gasteiger partial charge in [0.05, 0.1) is 12.0 Å². The zero-order valence-electron chi connectivity index (χ0n) is 19.7. The van der Waals surface area contributed by atoms with E-state index in [9.17, 15) is 10.1 Å². The molecule has 0 aliphatic heterocycles. The second-order valence-corrected chi connectivity index (χ2v) is 11.2. The predicted molar refractivity (Wildman–Crippen MR) is 134 cm³/mol. The molecule has 3 aromatic rings. The summed E-state index contributed by atoms with van der Waals surface area (Å²) in [7, 11) is 1.79. The number of nitrogens with zero attached hydrogens (tertiary/aromatic N) is 2. The Morgan fingerprint density at radius 2 is 2.06 bits per heavy atom. The molecule has 172 valence electrons. The van der Waals surface area contributed by atoms with Crippen molar-refractivity contribution in [2.75, 3.05) is 6.26 Å². The Hall–Kier alpha value is -2.65. The van der Waals surface area contributed by atoms with Crippen LogP contribution in [0.4, 0.5) is 0 Å². The lowest BCUT2D eigenvalue weighted by molar-refractivity contribution is -0.0409. The van der Waals surface area contributed by atoms with Crippen LogP contribution in [0.3, 0.4) is 0 Å². The van der Waals surface area contributed by atoms with Crippen LogP contribution in [0.15, 0.2) is 46.3 Å². The number of aryl methyl sites for hydroxylation is 1. The van der Waals surface area contributed by atoms with Crippen molar-refractivity contribution >= 4 is 22.7 Å². The molecule has 33 heavy (non-hydrogen) atoms. The molecule has 5 unspecified atom stereocenters. The molecule has 2 bridgehead atoms. The summed E-state index contributed by atoms with van der Waals surface area (Å²) >= 11 is 1.70. The van der Waals surface area contributed by atoms with Crippen LogP contribution in [-0.2, 0) is 7.05 Å². The number of nitriles is 1. The quantitative estimate of drug-likeness (QED) is 0.485. The van der Waals surface area contributed by atoms with E-state index < -0.39 is 0 Å². The molecular formula is C27H31N3O2S. The minimum atomic E-state index is -0.309. The number of thioether (sulfide) groups is 1. The summed E-state index contributed by atoms with van der Waals surface area (Å²) < 4.78 is 8.51. The van der Waals surface area contributed by atoms with Crippen molar-refractivity contribution in [1.82, 2.24) is 9.55 Å². The van der Waals surface area contributed by atoms with Crippen LogP contribution < -0.4 is 10.3 Å². The first-order valence-corrected chi connectivity index (χ1v) is 13.0. The fourth-order valence-corrected chi connectivity index (χ4v) is 6.87. The van der Waals surface area contributed by atoms with Crippen molar-refractivity contribution in [3.05, 3.63) is 47.0 Å². The summed E-state index contributed by atoms with van der Waals surface area (Å²) in [6.07, 6.45) is 9.98. The van der Waals surface area contributed by atoms with Crippen LogP contribution in [0.1, 0.15) is 39.5 Å². The van der Waals surface area contributed by atoms with E-state index in [0.29, 0.717) is 23.3 Å². The third-order valence-electron chi connectivity index (χ3n) is 7.75. The largest absolute Gasteiger partial charge is 0.487 e. The molecule has 2 fully saturated rings. The van der Waals surface area contributed by atoms with Crippen molar-refractivity contribution in [3.63, 3.8) is 0 Å². The molecule has 0 amide bonds. The molecule has 0 spiro atoms. The Balaban J connectivity index is 1.57. The van der Waals surface area contributed by atoms with Crippen molar-refractivity contribution in [3.8, 4) is 22.9 Å². The smallest absolute Gasteiger partial charge is 0.274 e. The van der Waals surface area contributed by atoms with E-state index in [2.05, 4.69) is 49.4 Å². The Bertz CT molecular complexity index is 1300. The average Bonchev–Trinajstić information content (AvgIpc) is 3.26. The number of fused-ring (bicyclic) bond motifs is 3. The molecule has 5 atom stereocenters. The highest BCUT2D eigenvalue weighted by molar-refractivity contribution is 7.98. The Morgan fingerprint density at radius 1 is 1.24 bits per heavy atom. The molecule has 2 heterocycles. The summed E-state index contributed by atoms with van der Waals surface area (Å²) in [6.45, 7) is 4.45. The van der Waals surface area contributed by atoms with Crippen LogP contribution in [0.2, 0.25) is 0 Å². The average molecular weight is 462 g/mol. The number of nitrogens with one attached hydrogen (secondary N) is 1. The minimum Gasteiger partial charge on any atom is -0.487 e. The van der Waals surface area contributed by atoms with E-state index in [1.165, 1.54) is 0 Å². The van der Waals surface area contributed by atoms with E-state index in [1.54, 1.807) is 23.4 Å². The van der Waals surface area contributed by atoms with Crippen molar-refractivity contribution in [2.24, 2.45) is 30.7 Å². The maximum absolute atomic E-state index is 12.6. The zero-order valence-corrected chi connectivity index (χ0v) is 20.5. The normalized spacial score (nSPS) is 29.1. The van der Waals surface area contributed by atoms with Gasteiger partial charge in [-0.25, -0.2) is 0 Å².